The van der Waals surface area contributed by atoms with E-state index in [1.54, 1.807) is 10.7 Å². The fraction of sp³-hybridized carbons (Fsp3) is 0.346. The van der Waals surface area contributed by atoms with Gasteiger partial charge < -0.3 is 20.8 Å². The normalized spacial score (nSPS) is 13.2. The van der Waals surface area contributed by atoms with E-state index in [0.29, 0.717) is 5.82 Å². The number of aliphatic carboxylic acids is 1. The van der Waals surface area contributed by atoms with E-state index in [1.165, 1.54) is 0 Å². The summed E-state index contributed by atoms with van der Waals surface area (Å²) in [4.78, 5) is 24.6. The van der Waals surface area contributed by atoms with Crippen LogP contribution in [0.2, 0.25) is 0 Å². The summed E-state index contributed by atoms with van der Waals surface area (Å²) in [5, 5.41) is 30.4. The van der Waals surface area contributed by atoms with Gasteiger partial charge in [0, 0.05) is 12.6 Å². The zero-order valence-corrected chi connectivity index (χ0v) is 19.9. The number of carbonyl (C=O) groups excluding carboxylic acids is 1. The van der Waals surface area contributed by atoms with Crippen LogP contribution in [0.5, 0.6) is 0 Å². The molecule has 2 aromatic carbocycles. The molecule has 4 N–H and O–H groups in total. The van der Waals surface area contributed by atoms with Crippen LogP contribution < -0.4 is 10.6 Å². The molecule has 3 aromatic rings. The Hall–Kier alpha value is -3.65. The topological polar surface area (TPSA) is 116 Å². The molecule has 2 atom stereocenters. The first kappa shape index (κ1) is 25.0. The Balaban J connectivity index is 1.90. The second-order valence-electron chi connectivity index (χ2n) is 9.41. The Morgan fingerprint density at radius 1 is 1.06 bits per heavy atom. The first-order valence-electron chi connectivity index (χ1n) is 11.2. The van der Waals surface area contributed by atoms with Crippen LogP contribution in [-0.4, -0.2) is 44.5 Å². The average molecular weight is 465 g/mol. The van der Waals surface area contributed by atoms with Gasteiger partial charge >= 0.3 is 5.97 Å². The van der Waals surface area contributed by atoms with Gasteiger partial charge in [0.15, 0.2) is 5.69 Å². The van der Waals surface area contributed by atoms with E-state index >= 15 is 0 Å². The number of hydrogen-bond donors (Lipinski definition) is 4. The molecule has 0 radical (unpaired) electrons. The van der Waals surface area contributed by atoms with Gasteiger partial charge in [-0.3, -0.25) is 9.59 Å². The Morgan fingerprint density at radius 3 is 2.32 bits per heavy atom. The minimum Gasteiger partial charge on any atom is -0.481 e. The molecule has 1 aromatic heterocycles. The maximum absolute atomic E-state index is 13.2. The zero-order valence-electron chi connectivity index (χ0n) is 19.9. The van der Waals surface area contributed by atoms with Crippen LogP contribution in [0.4, 0.5) is 5.82 Å². The molecule has 8 nitrogen and oxygen atoms in total. The molecule has 0 fully saturated rings. The van der Waals surface area contributed by atoms with Crippen LogP contribution in [0.25, 0.3) is 5.69 Å². The molecule has 1 amide bonds. The van der Waals surface area contributed by atoms with Crippen molar-refractivity contribution < 1.29 is 19.8 Å². The lowest BCUT2D eigenvalue weighted by Gasteiger charge is -2.26. The summed E-state index contributed by atoms with van der Waals surface area (Å²) >= 11 is 0. The first-order valence-corrected chi connectivity index (χ1v) is 11.2. The van der Waals surface area contributed by atoms with E-state index in [4.69, 9.17) is 0 Å². The van der Waals surface area contributed by atoms with Crippen molar-refractivity contribution in [3.05, 3.63) is 77.5 Å². The maximum Gasteiger partial charge on any atom is 0.305 e. The SMILES string of the molecule is Cc1ccccc1[C@H](CC(=O)O)NC(=O)c1cc(NC[C@H](O)C(C)(C)C)n(-c2ccccc2)n1. The molecule has 3 rings (SSSR count). The van der Waals surface area contributed by atoms with Crippen LogP contribution in [0.15, 0.2) is 60.7 Å². The number of carbonyl (C=O) groups is 2. The van der Waals surface area contributed by atoms with Crippen molar-refractivity contribution in [2.45, 2.75) is 46.3 Å². The Labute approximate surface area is 199 Å². The predicted octanol–water partition coefficient (Wildman–Crippen LogP) is 3.95. The summed E-state index contributed by atoms with van der Waals surface area (Å²) in [5.74, 6) is -0.948. The van der Waals surface area contributed by atoms with Gasteiger partial charge in [0.2, 0.25) is 0 Å². The molecule has 0 aliphatic carbocycles. The van der Waals surface area contributed by atoms with Gasteiger partial charge in [-0.15, -0.1) is 0 Å². The highest BCUT2D eigenvalue weighted by molar-refractivity contribution is 5.93. The fourth-order valence-electron chi connectivity index (χ4n) is 3.51. The standard InChI is InChI=1S/C26H32N4O4/c1-17-10-8-9-13-19(17)20(15-24(32)33)28-25(34)21-14-23(27-16-22(31)26(2,3)4)30(29-21)18-11-6-5-7-12-18/h5-14,20,22,27,31H,15-16H2,1-4H3,(H,28,34)(H,32,33)/t20-,22-/m0/s1. The Kier molecular flexibility index (Phi) is 7.73. The number of amides is 1. The Morgan fingerprint density at radius 2 is 1.71 bits per heavy atom. The van der Waals surface area contributed by atoms with Crippen LogP contribution in [-0.2, 0) is 4.79 Å². The predicted molar refractivity (Wildman–Crippen MR) is 131 cm³/mol. The molecule has 0 bridgehead atoms. The lowest BCUT2D eigenvalue weighted by Crippen LogP contribution is -2.33. The second kappa shape index (κ2) is 10.5. The summed E-state index contributed by atoms with van der Waals surface area (Å²) < 4.78 is 1.60. The monoisotopic (exact) mass is 464 g/mol. The molecule has 0 saturated heterocycles. The van der Waals surface area contributed by atoms with Gasteiger partial charge in [-0.2, -0.15) is 5.10 Å². The molecular weight excluding hydrogens is 432 g/mol. The molecule has 1 heterocycles. The number of rotatable bonds is 9. The number of aliphatic hydroxyl groups excluding tert-OH is 1. The quantitative estimate of drug-likeness (QED) is 0.381. The van der Waals surface area contributed by atoms with Crippen LogP contribution in [0, 0.1) is 12.3 Å². The van der Waals surface area contributed by atoms with Crippen LogP contribution in [0.3, 0.4) is 0 Å². The van der Waals surface area contributed by atoms with Gasteiger partial charge in [0.25, 0.3) is 5.91 Å². The minimum atomic E-state index is -1.01. The van der Waals surface area contributed by atoms with Crippen molar-refractivity contribution >= 4 is 17.7 Å². The molecular formula is C26H32N4O4. The zero-order chi connectivity index (χ0) is 24.9. The van der Waals surface area contributed by atoms with E-state index in [2.05, 4.69) is 15.7 Å². The third-order valence-corrected chi connectivity index (χ3v) is 5.67. The van der Waals surface area contributed by atoms with Gasteiger partial charge in [0.05, 0.1) is 24.3 Å². The van der Waals surface area contributed by atoms with Crippen molar-refractivity contribution in [2.75, 3.05) is 11.9 Å². The number of aliphatic hydroxyl groups is 1. The molecule has 0 aliphatic rings. The van der Waals surface area contributed by atoms with Gasteiger partial charge in [-0.25, -0.2) is 4.68 Å². The van der Waals surface area contributed by atoms with Crippen LogP contribution in [0.1, 0.15) is 54.8 Å². The Bertz CT molecular complexity index is 1140. The number of nitrogens with one attached hydrogen (secondary N) is 2. The highest BCUT2D eigenvalue weighted by atomic mass is 16.4. The van der Waals surface area contributed by atoms with Crippen molar-refractivity contribution in [1.82, 2.24) is 15.1 Å². The second-order valence-corrected chi connectivity index (χ2v) is 9.41. The number of para-hydroxylation sites is 1. The molecule has 0 saturated carbocycles. The number of carboxylic acid groups (broad SMARTS) is 1. The maximum atomic E-state index is 13.2. The van der Waals surface area contributed by atoms with E-state index in [9.17, 15) is 19.8 Å². The first-order chi connectivity index (χ1) is 16.1. The molecule has 0 unspecified atom stereocenters. The number of benzene rings is 2. The highest BCUT2D eigenvalue weighted by Crippen LogP contribution is 2.24. The summed E-state index contributed by atoms with van der Waals surface area (Å²) in [6, 6.07) is 17.6. The minimum absolute atomic E-state index is 0.139. The van der Waals surface area contributed by atoms with Gasteiger partial charge in [-0.1, -0.05) is 63.2 Å². The largest absolute Gasteiger partial charge is 0.481 e. The van der Waals surface area contributed by atoms with Crippen LogP contribution >= 0.6 is 0 Å². The van der Waals surface area contributed by atoms with Crippen molar-refractivity contribution in [1.29, 1.82) is 0 Å². The number of carboxylic acids is 1. The van der Waals surface area contributed by atoms with Crippen molar-refractivity contribution in [3.8, 4) is 5.69 Å². The smallest absolute Gasteiger partial charge is 0.305 e. The van der Waals surface area contributed by atoms with E-state index < -0.39 is 24.0 Å². The summed E-state index contributed by atoms with van der Waals surface area (Å²) in [7, 11) is 0. The summed E-state index contributed by atoms with van der Waals surface area (Å²) in [5.41, 5.74) is 2.20. The number of anilines is 1. The number of aryl methyl sites for hydroxylation is 1. The lowest BCUT2D eigenvalue weighted by molar-refractivity contribution is -0.137. The number of nitrogens with zero attached hydrogens (tertiary/aromatic N) is 2. The van der Waals surface area contributed by atoms with Crippen molar-refractivity contribution in [2.24, 2.45) is 5.41 Å². The molecule has 34 heavy (non-hydrogen) atoms. The third-order valence-electron chi connectivity index (χ3n) is 5.67. The third kappa shape index (κ3) is 6.23. The summed E-state index contributed by atoms with van der Waals surface area (Å²) in [6.45, 7) is 7.99. The van der Waals surface area contributed by atoms with Gasteiger partial charge in [0.1, 0.15) is 5.82 Å². The lowest BCUT2D eigenvalue weighted by atomic mass is 9.89. The number of aromatic nitrogens is 2. The van der Waals surface area contributed by atoms with Gasteiger partial charge in [-0.05, 0) is 35.6 Å². The molecule has 8 heteroatoms. The molecule has 0 spiro atoms. The molecule has 0 aliphatic heterocycles. The van der Waals surface area contributed by atoms with E-state index in [1.807, 2.05) is 82.3 Å². The van der Waals surface area contributed by atoms with E-state index in [-0.39, 0.29) is 24.1 Å². The molecule has 180 valence electrons. The average Bonchev–Trinajstić information content (AvgIpc) is 3.21. The summed E-state index contributed by atoms with van der Waals surface area (Å²) in [6.07, 6.45) is -0.872. The highest BCUT2D eigenvalue weighted by Gasteiger charge is 2.25. The van der Waals surface area contributed by atoms with Crippen molar-refractivity contribution in [3.63, 3.8) is 0 Å². The number of hydrogen-bond acceptors (Lipinski definition) is 5. The fourth-order valence-corrected chi connectivity index (χ4v) is 3.51. The van der Waals surface area contributed by atoms with E-state index in [0.717, 1.165) is 16.8 Å².